The monoisotopic (exact) mass is 381 g/mol. The van der Waals surface area contributed by atoms with Crippen molar-refractivity contribution in [3.05, 3.63) is 63.1 Å². The standard InChI is InChI=1S/C16H13BrClNO3/c1-10-4-2-3-5-12(10)16(21)22-9-15(20)19-11-6-7-13(17)14(18)8-11/h2-8H,9H2,1H3,(H,19,20). The third kappa shape index (κ3) is 4.32. The van der Waals surface area contributed by atoms with Crippen molar-refractivity contribution in [3.63, 3.8) is 0 Å². The van der Waals surface area contributed by atoms with E-state index in [9.17, 15) is 9.59 Å². The Kier molecular flexibility index (Phi) is 5.57. The van der Waals surface area contributed by atoms with Crippen LogP contribution in [0, 0.1) is 6.92 Å². The van der Waals surface area contributed by atoms with Gasteiger partial charge in [0.25, 0.3) is 5.91 Å². The number of hydrogen-bond donors (Lipinski definition) is 1. The number of carbonyl (C=O) groups excluding carboxylic acids is 2. The number of carbonyl (C=O) groups is 2. The zero-order chi connectivity index (χ0) is 16.1. The van der Waals surface area contributed by atoms with Gasteiger partial charge in [0.15, 0.2) is 6.61 Å². The van der Waals surface area contributed by atoms with Crippen LogP contribution in [0.1, 0.15) is 15.9 Å². The van der Waals surface area contributed by atoms with Gasteiger partial charge in [-0.2, -0.15) is 0 Å². The van der Waals surface area contributed by atoms with E-state index in [-0.39, 0.29) is 6.61 Å². The van der Waals surface area contributed by atoms with E-state index < -0.39 is 11.9 Å². The van der Waals surface area contributed by atoms with Gasteiger partial charge < -0.3 is 10.1 Å². The molecule has 0 aliphatic carbocycles. The molecule has 0 radical (unpaired) electrons. The second kappa shape index (κ2) is 7.42. The van der Waals surface area contributed by atoms with E-state index in [4.69, 9.17) is 16.3 Å². The van der Waals surface area contributed by atoms with Crippen molar-refractivity contribution in [2.45, 2.75) is 6.92 Å². The summed E-state index contributed by atoms with van der Waals surface area (Å²) in [4.78, 5) is 23.7. The fourth-order valence-electron chi connectivity index (χ4n) is 1.78. The molecule has 1 amide bonds. The molecule has 0 unspecified atom stereocenters. The van der Waals surface area contributed by atoms with Crippen LogP contribution < -0.4 is 5.32 Å². The summed E-state index contributed by atoms with van der Waals surface area (Å²) in [5, 5.41) is 3.09. The van der Waals surface area contributed by atoms with Gasteiger partial charge in [0.1, 0.15) is 0 Å². The maximum absolute atomic E-state index is 11.9. The van der Waals surface area contributed by atoms with Crippen LogP contribution >= 0.6 is 27.5 Å². The highest BCUT2D eigenvalue weighted by Crippen LogP contribution is 2.25. The van der Waals surface area contributed by atoms with Gasteiger partial charge in [0, 0.05) is 10.2 Å². The molecule has 2 aromatic carbocycles. The van der Waals surface area contributed by atoms with Crippen molar-refractivity contribution in [2.75, 3.05) is 11.9 Å². The van der Waals surface area contributed by atoms with Gasteiger partial charge in [-0.05, 0) is 52.7 Å². The van der Waals surface area contributed by atoms with Crippen molar-refractivity contribution in [1.29, 1.82) is 0 Å². The lowest BCUT2D eigenvalue weighted by molar-refractivity contribution is -0.119. The third-order valence-corrected chi connectivity index (χ3v) is 4.14. The molecular weight excluding hydrogens is 370 g/mol. The highest BCUT2D eigenvalue weighted by Gasteiger charge is 2.12. The molecule has 1 N–H and O–H groups in total. The molecule has 2 aromatic rings. The minimum Gasteiger partial charge on any atom is -0.452 e. The SMILES string of the molecule is Cc1ccccc1C(=O)OCC(=O)Nc1ccc(Br)c(Cl)c1. The minimum absolute atomic E-state index is 0.360. The van der Waals surface area contributed by atoms with Crippen molar-refractivity contribution in [3.8, 4) is 0 Å². The number of anilines is 1. The summed E-state index contributed by atoms with van der Waals surface area (Å²) in [7, 11) is 0. The Labute approximate surface area is 141 Å². The molecule has 0 spiro atoms. The highest BCUT2D eigenvalue weighted by molar-refractivity contribution is 9.10. The fraction of sp³-hybridized carbons (Fsp3) is 0.125. The average Bonchev–Trinajstić information content (AvgIpc) is 2.49. The van der Waals surface area contributed by atoms with Gasteiger partial charge in [-0.25, -0.2) is 4.79 Å². The van der Waals surface area contributed by atoms with Gasteiger partial charge in [0.2, 0.25) is 0 Å². The first kappa shape index (κ1) is 16.5. The van der Waals surface area contributed by atoms with Crippen molar-refractivity contribution < 1.29 is 14.3 Å². The van der Waals surface area contributed by atoms with E-state index in [0.29, 0.717) is 16.3 Å². The van der Waals surface area contributed by atoms with Crippen molar-refractivity contribution >= 4 is 45.1 Å². The smallest absolute Gasteiger partial charge is 0.338 e. The van der Waals surface area contributed by atoms with Crippen molar-refractivity contribution in [1.82, 2.24) is 0 Å². The van der Waals surface area contributed by atoms with Crippen LogP contribution in [0.25, 0.3) is 0 Å². The molecule has 0 aromatic heterocycles. The van der Waals surface area contributed by atoms with Crippen LogP contribution in [0.5, 0.6) is 0 Å². The lowest BCUT2D eigenvalue weighted by Gasteiger charge is -2.08. The van der Waals surface area contributed by atoms with E-state index in [1.807, 2.05) is 6.07 Å². The first-order chi connectivity index (χ1) is 10.5. The summed E-state index contributed by atoms with van der Waals surface area (Å²) < 4.78 is 5.74. The third-order valence-electron chi connectivity index (χ3n) is 2.90. The van der Waals surface area contributed by atoms with Crippen LogP contribution in [0.4, 0.5) is 5.69 Å². The number of hydrogen-bond acceptors (Lipinski definition) is 3. The zero-order valence-electron chi connectivity index (χ0n) is 11.7. The Morgan fingerprint density at radius 1 is 1.23 bits per heavy atom. The fourth-order valence-corrected chi connectivity index (χ4v) is 2.21. The molecule has 114 valence electrons. The topological polar surface area (TPSA) is 55.4 Å². The number of esters is 1. The van der Waals surface area contributed by atoms with E-state index in [1.165, 1.54) is 0 Å². The summed E-state index contributed by atoms with van der Waals surface area (Å²) in [5.74, 6) is -0.956. The number of benzene rings is 2. The number of amides is 1. The number of nitrogens with one attached hydrogen (secondary N) is 1. The Hall–Kier alpha value is -1.85. The minimum atomic E-state index is -0.526. The molecule has 0 bridgehead atoms. The molecular formula is C16H13BrClNO3. The summed E-state index contributed by atoms with van der Waals surface area (Å²) >= 11 is 9.20. The second-order valence-electron chi connectivity index (χ2n) is 4.57. The van der Waals surface area contributed by atoms with E-state index >= 15 is 0 Å². The van der Waals surface area contributed by atoms with E-state index in [0.717, 1.165) is 10.0 Å². The van der Waals surface area contributed by atoms with Crippen LogP contribution in [0.3, 0.4) is 0 Å². The number of aryl methyl sites for hydroxylation is 1. The molecule has 0 saturated heterocycles. The van der Waals surface area contributed by atoms with Gasteiger partial charge in [-0.1, -0.05) is 29.8 Å². The molecule has 0 aliphatic rings. The van der Waals surface area contributed by atoms with E-state index in [2.05, 4.69) is 21.2 Å². The molecule has 0 fully saturated rings. The molecule has 4 nitrogen and oxygen atoms in total. The quantitative estimate of drug-likeness (QED) is 0.806. The normalized spacial score (nSPS) is 10.1. The molecule has 0 aliphatic heterocycles. The molecule has 0 heterocycles. The molecule has 0 saturated carbocycles. The van der Waals surface area contributed by atoms with Crippen molar-refractivity contribution in [2.24, 2.45) is 0 Å². The van der Waals surface area contributed by atoms with Crippen LogP contribution in [-0.4, -0.2) is 18.5 Å². The van der Waals surface area contributed by atoms with Gasteiger partial charge in [-0.3, -0.25) is 4.79 Å². The summed E-state index contributed by atoms with van der Waals surface area (Å²) in [6, 6.07) is 12.1. The zero-order valence-corrected chi connectivity index (χ0v) is 14.1. The molecule has 6 heteroatoms. The lowest BCUT2D eigenvalue weighted by atomic mass is 10.1. The Bertz CT molecular complexity index is 718. The van der Waals surface area contributed by atoms with Gasteiger partial charge in [0.05, 0.1) is 10.6 Å². The average molecular weight is 383 g/mol. The van der Waals surface area contributed by atoms with Gasteiger partial charge in [-0.15, -0.1) is 0 Å². The van der Waals surface area contributed by atoms with Crippen LogP contribution in [-0.2, 0) is 9.53 Å². The number of rotatable bonds is 4. The van der Waals surface area contributed by atoms with Gasteiger partial charge >= 0.3 is 5.97 Å². The first-order valence-corrected chi connectivity index (χ1v) is 7.62. The van der Waals surface area contributed by atoms with Crippen LogP contribution in [0.15, 0.2) is 46.9 Å². The molecule has 2 rings (SSSR count). The van der Waals surface area contributed by atoms with Crippen LogP contribution in [0.2, 0.25) is 5.02 Å². The maximum atomic E-state index is 11.9. The molecule has 22 heavy (non-hydrogen) atoms. The predicted octanol–water partition coefficient (Wildman–Crippen LogP) is 4.21. The number of ether oxygens (including phenoxy) is 1. The summed E-state index contributed by atoms with van der Waals surface area (Å²) in [6.45, 7) is 1.45. The Morgan fingerprint density at radius 3 is 2.64 bits per heavy atom. The van der Waals surface area contributed by atoms with E-state index in [1.54, 1.807) is 43.3 Å². The number of halogens is 2. The summed E-state index contributed by atoms with van der Waals surface area (Å²) in [6.07, 6.45) is 0. The second-order valence-corrected chi connectivity index (χ2v) is 5.83. The largest absolute Gasteiger partial charge is 0.452 e. The predicted molar refractivity (Wildman–Crippen MR) is 89.2 cm³/mol. The highest BCUT2D eigenvalue weighted by atomic mass is 79.9. The molecule has 0 atom stereocenters. The maximum Gasteiger partial charge on any atom is 0.338 e. The Balaban J connectivity index is 1.91. The lowest BCUT2D eigenvalue weighted by Crippen LogP contribution is -2.21. The first-order valence-electron chi connectivity index (χ1n) is 6.45. The Morgan fingerprint density at radius 2 is 1.95 bits per heavy atom. The summed E-state index contributed by atoms with van der Waals surface area (Å²) in [5.41, 5.74) is 1.78.